The van der Waals surface area contributed by atoms with Crippen molar-refractivity contribution in [2.75, 3.05) is 19.0 Å². The van der Waals surface area contributed by atoms with E-state index >= 15 is 0 Å². The number of nitrogens with zero attached hydrogens (tertiary/aromatic N) is 2. The van der Waals surface area contributed by atoms with Crippen molar-refractivity contribution in [3.63, 3.8) is 0 Å². The van der Waals surface area contributed by atoms with Gasteiger partial charge in [-0.25, -0.2) is 9.59 Å². The van der Waals surface area contributed by atoms with E-state index in [2.05, 4.69) is 30.0 Å². The number of anilines is 1. The summed E-state index contributed by atoms with van der Waals surface area (Å²) in [4.78, 5) is 25.5. The minimum absolute atomic E-state index is 0.0474. The van der Waals surface area contributed by atoms with E-state index in [0.29, 0.717) is 0 Å². The van der Waals surface area contributed by atoms with Crippen LogP contribution in [0, 0.1) is 0 Å². The van der Waals surface area contributed by atoms with Gasteiger partial charge in [-0.2, -0.15) is 4.98 Å². The van der Waals surface area contributed by atoms with Gasteiger partial charge in [0.25, 0.3) is 5.95 Å². The number of hydrogen-bond donors (Lipinski definition) is 2. The fourth-order valence-corrected chi connectivity index (χ4v) is 0.764. The molecule has 1 heterocycles. The highest BCUT2D eigenvalue weighted by Crippen LogP contribution is 2.00. The number of methoxy groups -OCH3 is 1. The number of hydrogen-bond acceptors (Lipinski definition) is 6. The molecule has 1 aromatic heterocycles. The average Bonchev–Trinajstić information content (AvgIpc) is 2.65. The van der Waals surface area contributed by atoms with Gasteiger partial charge in [-0.1, -0.05) is 0 Å². The molecule has 8 heteroatoms. The minimum Gasteiger partial charge on any atom is -0.463 e. The summed E-state index contributed by atoms with van der Waals surface area (Å²) in [5, 5.41) is 8.08. The van der Waals surface area contributed by atoms with Crippen LogP contribution in [0.5, 0.6) is 0 Å². The Morgan fingerprint density at radius 1 is 1.53 bits per heavy atom. The Hall–Kier alpha value is -2.12. The fraction of sp³-hybridized carbons (Fsp3) is 0.429. The molecule has 0 radical (unpaired) electrons. The number of nitrogens with one attached hydrogen (secondary N) is 2. The lowest BCUT2D eigenvalue weighted by Gasteiger charge is -1.99. The summed E-state index contributed by atoms with van der Waals surface area (Å²) in [7, 11) is 1.21. The number of amides is 1. The second kappa shape index (κ2) is 4.94. The summed E-state index contributed by atoms with van der Waals surface area (Å²) in [6.45, 7) is 1.90. The molecule has 0 fully saturated rings. The second-order valence-electron chi connectivity index (χ2n) is 2.34. The van der Waals surface area contributed by atoms with E-state index in [4.69, 9.17) is 0 Å². The first-order valence-electron chi connectivity index (χ1n) is 4.11. The van der Waals surface area contributed by atoms with Crippen molar-refractivity contribution in [2.24, 2.45) is 0 Å². The number of H-pyrrole nitrogens is 1. The molecular weight excluding hydrogens is 204 g/mol. The molecule has 1 rings (SSSR count). The molecule has 2 N–H and O–H groups in total. The molecule has 0 spiro atoms. The van der Waals surface area contributed by atoms with Crippen LogP contribution in [0.4, 0.5) is 10.7 Å². The Bertz CT molecular complexity index is 362. The van der Waals surface area contributed by atoms with E-state index < -0.39 is 12.1 Å². The Labute approximate surface area is 85.0 Å². The van der Waals surface area contributed by atoms with Crippen molar-refractivity contribution in [1.82, 2.24) is 15.2 Å². The summed E-state index contributed by atoms with van der Waals surface area (Å²) < 4.78 is 8.97. The Morgan fingerprint density at radius 2 is 2.27 bits per heavy atom. The van der Waals surface area contributed by atoms with Crippen molar-refractivity contribution in [3.05, 3.63) is 5.82 Å². The zero-order chi connectivity index (χ0) is 11.3. The zero-order valence-electron chi connectivity index (χ0n) is 8.23. The molecule has 0 aromatic carbocycles. The van der Waals surface area contributed by atoms with E-state index in [9.17, 15) is 9.59 Å². The third-order valence-electron chi connectivity index (χ3n) is 1.35. The second-order valence-corrected chi connectivity index (χ2v) is 2.34. The van der Waals surface area contributed by atoms with Gasteiger partial charge >= 0.3 is 12.1 Å². The van der Waals surface area contributed by atoms with Gasteiger partial charge < -0.3 is 9.47 Å². The quantitative estimate of drug-likeness (QED) is 0.694. The Morgan fingerprint density at radius 3 is 2.87 bits per heavy atom. The largest absolute Gasteiger partial charge is 0.463 e. The molecule has 15 heavy (non-hydrogen) atoms. The van der Waals surface area contributed by atoms with Crippen LogP contribution in [0.1, 0.15) is 17.5 Å². The number of carbonyl (C=O) groups is 2. The maximum absolute atomic E-state index is 10.9. The number of aromatic amines is 1. The molecule has 0 aliphatic rings. The molecule has 0 atom stereocenters. The van der Waals surface area contributed by atoms with Crippen LogP contribution in [0.2, 0.25) is 0 Å². The first-order chi connectivity index (χ1) is 7.17. The van der Waals surface area contributed by atoms with Gasteiger partial charge in [0.15, 0.2) is 0 Å². The zero-order valence-corrected chi connectivity index (χ0v) is 8.23. The highest BCUT2D eigenvalue weighted by atomic mass is 16.5. The summed E-state index contributed by atoms with van der Waals surface area (Å²) in [5.74, 6) is -0.808. The van der Waals surface area contributed by atoms with Crippen LogP contribution in [0.3, 0.4) is 0 Å². The third kappa shape index (κ3) is 2.93. The average molecular weight is 214 g/mol. The molecule has 0 aliphatic heterocycles. The first kappa shape index (κ1) is 11.0. The van der Waals surface area contributed by atoms with E-state index in [0.717, 1.165) is 0 Å². The van der Waals surface area contributed by atoms with Crippen LogP contribution in [-0.4, -0.2) is 41.0 Å². The Balaban J connectivity index is 2.60. The van der Waals surface area contributed by atoms with Gasteiger partial charge in [-0.3, -0.25) is 10.4 Å². The lowest BCUT2D eigenvalue weighted by atomic mass is 10.6. The van der Waals surface area contributed by atoms with Crippen molar-refractivity contribution >= 4 is 18.0 Å². The van der Waals surface area contributed by atoms with Gasteiger partial charge in [0, 0.05) is 0 Å². The van der Waals surface area contributed by atoms with Crippen molar-refractivity contribution in [2.45, 2.75) is 6.92 Å². The SMILES string of the molecule is CCOC(=O)Nc1n[nH]c(C(=O)OC)n1. The number of aromatic nitrogens is 3. The van der Waals surface area contributed by atoms with Crippen LogP contribution in [0.15, 0.2) is 0 Å². The summed E-state index contributed by atoms with van der Waals surface area (Å²) in [6.07, 6.45) is -0.687. The van der Waals surface area contributed by atoms with E-state index in [1.54, 1.807) is 6.92 Å². The van der Waals surface area contributed by atoms with E-state index in [-0.39, 0.29) is 18.4 Å². The summed E-state index contributed by atoms with van der Waals surface area (Å²) >= 11 is 0. The van der Waals surface area contributed by atoms with E-state index in [1.165, 1.54) is 7.11 Å². The van der Waals surface area contributed by atoms with Crippen LogP contribution in [-0.2, 0) is 9.47 Å². The molecule has 1 aromatic rings. The highest BCUT2D eigenvalue weighted by molar-refractivity contribution is 5.86. The predicted octanol–water partition coefficient (Wildman–Crippen LogP) is 0.160. The molecule has 82 valence electrons. The topological polar surface area (TPSA) is 106 Å². The van der Waals surface area contributed by atoms with Gasteiger partial charge in [0.2, 0.25) is 5.82 Å². The highest BCUT2D eigenvalue weighted by Gasteiger charge is 2.13. The maximum Gasteiger partial charge on any atom is 0.414 e. The summed E-state index contributed by atoms with van der Waals surface area (Å²) in [5.41, 5.74) is 0. The molecule has 8 nitrogen and oxygen atoms in total. The lowest BCUT2D eigenvalue weighted by molar-refractivity contribution is 0.0587. The molecule has 1 amide bonds. The standard InChI is InChI=1S/C7H10N4O4/c1-3-15-7(13)9-6-8-4(10-11-6)5(12)14-2/h3H2,1-2H3,(H2,8,9,10,11,13). The van der Waals surface area contributed by atoms with Gasteiger partial charge in [0.1, 0.15) is 0 Å². The van der Waals surface area contributed by atoms with Gasteiger partial charge in [0.05, 0.1) is 13.7 Å². The smallest absolute Gasteiger partial charge is 0.414 e. The summed E-state index contributed by atoms with van der Waals surface area (Å²) in [6, 6.07) is 0. The first-order valence-corrected chi connectivity index (χ1v) is 4.11. The van der Waals surface area contributed by atoms with Crippen LogP contribution < -0.4 is 5.32 Å². The van der Waals surface area contributed by atoms with Crippen molar-refractivity contribution < 1.29 is 19.1 Å². The predicted molar refractivity (Wildman–Crippen MR) is 48.4 cm³/mol. The van der Waals surface area contributed by atoms with E-state index in [1.807, 2.05) is 0 Å². The van der Waals surface area contributed by atoms with Gasteiger partial charge in [-0.05, 0) is 6.92 Å². The maximum atomic E-state index is 10.9. The normalized spacial score (nSPS) is 9.47. The molecule has 0 bridgehead atoms. The molecule has 0 saturated heterocycles. The number of carbonyl (C=O) groups excluding carboxylic acids is 2. The number of rotatable bonds is 3. The molecule has 0 aliphatic carbocycles. The van der Waals surface area contributed by atoms with Crippen LogP contribution in [0.25, 0.3) is 0 Å². The molecule has 0 unspecified atom stereocenters. The number of ether oxygens (including phenoxy) is 2. The lowest BCUT2D eigenvalue weighted by Crippen LogP contribution is -2.14. The minimum atomic E-state index is -0.687. The van der Waals surface area contributed by atoms with Crippen molar-refractivity contribution in [1.29, 1.82) is 0 Å². The monoisotopic (exact) mass is 214 g/mol. The fourth-order valence-electron chi connectivity index (χ4n) is 0.764. The molecule has 0 saturated carbocycles. The molecular formula is C7H10N4O4. The third-order valence-corrected chi connectivity index (χ3v) is 1.35. The Kier molecular flexibility index (Phi) is 3.61. The number of esters is 1. The van der Waals surface area contributed by atoms with Crippen molar-refractivity contribution in [3.8, 4) is 0 Å². The van der Waals surface area contributed by atoms with Gasteiger partial charge in [-0.15, -0.1) is 5.10 Å². The van der Waals surface area contributed by atoms with Crippen LogP contribution >= 0.6 is 0 Å².